The van der Waals surface area contributed by atoms with E-state index in [2.05, 4.69) is 9.80 Å². The molecule has 0 saturated carbocycles. The number of nitrogens with zero attached hydrogens (tertiary/aromatic N) is 2. The molecule has 0 spiro atoms. The van der Waals surface area contributed by atoms with Crippen LogP contribution in [0, 0.1) is 0 Å². The smallest absolute Gasteiger partial charge is 0.142 e. The van der Waals surface area contributed by atoms with Crippen LogP contribution in [-0.2, 0) is 0 Å². The van der Waals surface area contributed by atoms with Crippen LogP contribution in [0.1, 0.15) is 12.8 Å². The summed E-state index contributed by atoms with van der Waals surface area (Å²) in [6.45, 7) is 4.59. The van der Waals surface area contributed by atoms with Gasteiger partial charge in [-0.05, 0) is 37.6 Å². The van der Waals surface area contributed by atoms with E-state index in [0.717, 1.165) is 36.8 Å². The number of piperazine rings is 1. The van der Waals surface area contributed by atoms with Gasteiger partial charge in [0.15, 0.2) is 0 Å². The molecule has 98 valence electrons. The number of rotatable bonds is 2. The van der Waals surface area contributed by atoms with Gasteiger partial charge in [0, 0.05) is 31.4 Å². The van der Waals surface area contributed by atoms with Gasteiger partial charge in [-0.15, -0.1) is 0 Å². The van der Waals surface area contributed by atoms with Gasteiger partial charge < -0.3 is 15.4 Å². The first-order valence-electron chi connectivity index (χ1n) is 6.70. The summed E-state index contributed by atoms with van der Waals surface area (Å²) in [5.41, 5.74) is 7.85. The number of nitrogen functional groups attached to an aromatic ring is 1. The Hall–Kier alpha value is -1.42. The van der Waals surface area contributed by atoms with E-state index >= 15 is 0 Å². The first kappa shape index (κ1) is 11.7. The van der Waals surface area contributed by atoms with Crippen molar-refractivity contribution in [3.63, 3.8) is 0 Å². The molecule has 2 N–H and O–H groups in total. The van der Waals surface area contributed by atoms with E-state index in [9.17, 15) is 0 Å². The molecule has 2 saturated heterocycles. The average Bonchev–Trinajstić information content (AvgIpc) is 2.85. The minimum Gasteiger partial charge on any atom is -0.495 e. The molecule has 4 nitrogen and oxygen atoms in total. The van der Waals surface area contributed by atoms with Crippen molar-refractivity contribution in [2.45, 2.75) is 18.9 Å². The molecule has 0 amide bonds. The Morgan fingerprint density at radius 2 is 2.17 bits per heavy atom. The molecule has 1 aromatic carbocycles. The molecule has 0 aromatic heterocycles. The van der Waals surface area contributed by atoms with Crippen molar-refractivity contribution < 1.29 is 4.74 Å². The predicted octanol–water partition coefficient (Wildman–Crippen LogP) is 1.56. The van der Waals surface area contributed by atoms with Crippen LogP contribution in [0.15, 0.2) is 18.2 Å². The van der Waals surface area contributed by atoms with Gasteiger partial charge in [-0.2, -0.15) is 0 Å². The summed E-state index contributed by atoms with van der Waals surface area (Å²) in [4.78, 5) is 5.02. The number of hydrogen-bond acceptors (Lipinski definition) is 4. The molecule has 2 fully saturated rings. The van der Waals surface area contributed by atoms with E-state index in [1.54, 1.807) is 7.11 Å². The molecule has 2 heterocycles. The number of anilines is 2. The standard InChI is InChI=1S/C14H21N3O/c1-18-14-5-4-11(15)9-13(14)17-8-7-16-6-2-3-12(16)10-17/h4-5,9,12H,2-3,6-8,10,15H2,1H3/t12-/m0/s1. The summed E-state index contributed by atoms with van der Waals surface area (Å²) in [6.07, 6.45) is 2.66. The van der Waals surface area contributed by atoms with E-state index in [-0.39, 0.29) is 0 Å². The van der Waals surface area contributed by atoms with Crippen molar-refractivity contribution in [3.8, 4) is 5.75 Å². The summed E-state index contributed by atoms with van der Waals surface area (Å²) in [7, 11) is 1.72. The maximum absolute atomic E-state index is 5.90. The van der Waals surface area contributed by atoms with Gasteiger partial charge in [0.1, 0.15) is 5.75 Å². The third kappa shape index (κ3) is 2.01. The minimum atomic E-state index is 0.713. The van der Waals surface area contributed by atoms with Crippen molar-refractivity contribution in [3.05, 3.63) is 18.2 Å². The Morgan fingerprint density at radius 1 is 1.28 bits per heavy atom. The number of ether oxygens (including phenoxy) is 1. The zero-order valence-corrected chi connectivity index (χ0v) is 10.9. The summed E-state index contributed by atoms with van der Waals surface area (Å²) in [5, 5.41) is 0. The Bertz CT molecular complexity index is 435. The van der Waals surface area contributed by atoms with E-state index in [1.165, 1.54) is 19.4 Å². The maximum Gasteiger partial charge on any atom is 0.142 e. The highest BCUT2D eigenvalue weighted by molar-refractivity contribution is 5.65. The molecular weight excluding hydrogens is 226 g/mol. The van der Waals surface area contributed by atoms with E-state index in [0.29, 0.717) is 6.04 Å². The van der Waals surface area contributed by atoms with Gasteiger partial charge in [0.2, 0.25) is 0 Å². The molecule has 0 unspecified atom stereocenters. The largest absolute Gasteiger partial charge is 0.495 e. The van der Waals surface area contributed by atoms with Crippen LogP contribution >= 0.6 is 0 Å². The molecule has 1 aromatic rings. The van der Waals surface area contributed by atoms with Gasteiger partial charge in [0.25, 0.3) is 0 Å². The lowest BCUT2D eigenvalue weighted by Gasteiger charge is -2.39. The van der Waals surface area contributed by atoms with Crippen LogP contribution in [0.2, 0.25) is 0 Å². The Morgan fingerprint density at radius 3 is 3.00 bits per heavy atom. The van der Waals surface area contributed by atoms with Gasteiger partial charge in [-0.25, -0.2) is 0 Å². The number of benzene rings is 1. The summed E-state index contributed by atoms with van der Waals surface area (Å²) >= 11 is 0. The number of fused-ring (bicyclic) bond motifs is 1. The second-order valence-electron chi connectivity index (χ2n) is 5.21. The minimum absolute atomic E-state index is 0.713. The van der Waals surface area contributed by atoms with Crippen LogP contribution in [0.3, 0.4) is 0 Å². The predicted molar refractivity (Wildman–Crippen MR) is 74.2 cm³/mol. The van der Waals surface area contributed by atoms with Crippen LogP contribution in [-0.4, -0.2) is 44.2 Å². The van der Waals surface area contributed by atoms with Crippen molar-refractivity contribution in [2.24, 2.45) is 0 Å². The van der Waals surface area contributed by atoms with E-state index in [4.69, 9.17) is 10.5 Å². The Labute approximate surface area is 108 Å². The highest BCUT2D eigenvalue weighted by atomic mass is 16.5. The topological polar surface area (TPSA) is 41.7 Å². The van der Waals surface area contributed by atoms with Crippen LogP contribution in [0.4, 0.5) is 11.4 Å². The molecule has 4 heteroatoms. The fraction of sp³-hybridized carbons (Fsp3) is 0.571. The first-order valence-corrected chi connectivity index (χ1v) is 6.70. The molecule has 3 rings (SSSR count). The molecule has 2 aliphatic heterocycles. The molecule has 0 aliphatic carbocycles. The third-order valence-corrected chi connectivity index (χ3v) is 4.13. The Kier molecular flexibility index (Phi) is 3.04. The molecule has 0 radical (unpaired) electrons. The van der Waals surface area contributed by atoms with Crippen molar-refractivity contribution in [2.75, 3.05) is 43.9 Å². The lowest BCUT2D eigenvalue weighted by Crippen LogP contribution is -2.50. The SMILES string of the molecule is COc1ccc(N)cc1N1CCN2CCC[C@H]2C1. The fourth-order valence-electron chi connectivity index (χ4n) is 3.16. The number of methoxy groups -OCH3 is 1. The monoisotopic (exact) mass is 247 g/mol. The third-order valence-electron chi connectivity index (χ3n) is 4.13. The summed E-state index contributed by atoms with van der Waals surface area (Å²) in [6, 6.07) is 6.61. The first-order chi connectivity index (χ1) is 8.78. The number of nitrogens with two attached hydrogens (primary N) is 1. The van der Waals surface area contributed by atoms with Crippen LogP contribution < -0.4 is 15.4 Å². The lowest BCUT2D eigenvalue weighted by atomic mass is 10.1. The summed E-state index contributed by atoms with van der Waals surface area (Å²) < 4.78 is 5.45. The van der Waals surface area contributed by atoms with Gasteiger partial charge in [-0.3, -0.25) is 4.90 Å². The maximum atomic E-state index is 5.90. The molecular formula is C14H21N3O. The molecule has 1 atom stereocenters. The molecule has 0 bridgehead atoms. The second-order valence-corrected chi connectivity index (χ2v) is 5.21. The van der Waals surface area contributed by atoms with Crippen molar-refractivity contribution in [1.82, 2.24) is 4.90 Å². The average molecular weight is 247 g/mol. The summed E-state index contributed by atoms with van der Waals surface area (Å²) in [5.74, 6) is 0.927. The van der Waals surface area contributed by atoms with E-state index in [1.807, 2.05) is 18.2 Å². The van der Waals surface area contributed by atoms with Crippen LogP contribution in [0.25, 0.3) is 0 Å². The fourth-order valence-corrected chi connectivity index (χ4v) is 3.16. The molecule has 2 aliphatic rings. The van der Waals surface area contributed by atoms with Gasteiger partial charge in [-0.1, -0.05) is 0 Å². The van der Waals surface area contributed by atoms with Crippen molar-refractivity contribution in [1.29, 1.82) is 0 Å². The van der Waals surface area contributed by atoms with Crippen molar-refractivity contribution >= 4 is 11.4 Å². The highest BCUT2D eigenvalue weighted by Crippen LogP contribution is 2.33. The zero-order chi connectivity index (χ0) is 12.5. The lowest BCUT2D eigenvalue weighted by molar-refractivity contribution is 0.230. The number of hydrogen-bond donors (Lipinski definition) is 1. The van der Waals surface area contributed by atoms with Crippen LogP contribution in [0.5, 0.6) is 5.75 Å². The highest BCUT2D eigenvalue weighted by Gasteiger charge is 2.31. The van der Waals surface area contributed by atoms with Gasteiger partial charge >= 0.3 is 0 Å². The second kappa shape index (κ2) is 4.69. The normalized spacial score (nSPS) is 24.1. The van der Waals surface area contributed by atoms with E-state index < -0.39 is 0 Å². The molecule has 18 heavy (non-hydrogen) atoms. The quantitative estimate of drug-likeness (QED) is 0.805. The Balaban J connectivity index is 1.84. The zero-order valence-electron chi connectivity index (χ0n) is 10.9. The van der Waals surface area contributed by atoms with Gasteiger partial charge in [0.05, 0.1) is 12.8 Å².